The number of hydrogen-bond acceptors (Lipinski definition) is 6. The van der Waals surface area contributed by atoms with Crippen LogP contribution in [0.3, 0.4) is 0 Å². The van der Waals surface area contributed by atoms with Crippen molar-refractivity contribution in [2.75, 3.05) is 24.7 Å². The maximum Gasteiger partial charge on any atom is 0.241 e. The summed E-state index contributed by atoms with van der Waals surface area (Å²) >= 11 is 7.56. The summed E-state index contributed by atoms with van der Waals surface area (Å²) in [7, 11) is 0. The monoisotopic (exact) mass is 442 g/mol. The van der Waals surface area contributed by atoms with E-state index in [0.717, 1.165) is 42.1 Å². The molecule has 1 N–H and O–H groups in total. The molecule has 2 heterocycles. The molecule has 0 aliphatic carbocycles. The molecule has 2 aromatic carbocycles. The molecule has 0 unspecified atom stereocenters. The topological polar surface area (TPSA) is 71.3 Å². The highest BCUT2D eigenvalue weighted by atomic mass is 35.5. The lowest BCUT2D eigenvalue weighted by Gasteiger charge is -2.30. The Bertz CT molecular complexity index is 1000. The van der Waals surface area contributed by atoms with Gasteiger partial charge in [-0.2, -0.15) is 4.98 Å². The van der Waals surface area contributed by atoms with E-state index in [1.54, 1.807) is 23.9 Å². The number of nitrogens with zero attached hydrogens (tertiary/aromatic N) is 3. The second-order valence-corrected chi connectivity index (χ2v) is 8.54. The minimum absolute atomic E-state index is 0.0171. The van der Waals surface area contributed by atoms with Gasteiger partial charge in [0.25, 0.3) is 0 Å². The standard InChI is InChI=1S/C22H23ClN4O2S/c1-30-19-5-3-2-4-18(19)24-22(28)16-10-12-27(13-11-16)14-20-25-21(26-29-20)15-6-8-17(23)9-7-15/h2-9,16H,10-14H2,1H3,(H,24,28). The van der Waals surface area contributed by atoms with Crippen LogP contribution in [0.25, 0.3) is 11.4 Å². The number of hydrogen-bond donors (Lipinski definition) is 1. The number of anilines is 1. The largest absolute Gasteiger partial charge is 0.338 e. The van der Waals surface area contributed by atoms with E-state index >= 15 is 0 Å². The number of aromatic nitrogens is 2. The quantitative estimate of drug-likeness (QED) is 0.544. The Morgan fingerprint density at radius 2 is 1.93 bits per heavy atom. The van der Waals surface area contributed by atoms with Gasteiger partial charge in [-0.15, -0.1) is 11.8 Å². The highest BCUT2D eigenvalue weighted by molar-refractivity contribution is 7.98. The molecule has 0 atom stereocenters. The molecule has 0 bridgehead atoms. The van der Waals surface area contributed by atoms with Crippen LogP contribution in [0.15, 0.2) is 57.9 Å². The molecule has 1 fully saturated rings. The van der Waals surface area contributed by atoms with Crippen LogP contribution in [0.2, 0.25) is 5.02 Å². The molecule has 8 heteroatoms. The van der Waals surface area contributed by atoms with Gasteiger partial charge < -0.3 is 9.84 Å². The van der Waals surface area contributed by atoms with Crippen LogP contribution < -0.4 is 5.32 Å². The number of carbonyl (C=O) groups excluding carboxylic acids is 1. The first kappa shape index (κ1) is 20.9. The van der Waals surface area contributed by atoms with Gasteiger partial charge in [-0.05, 0) is 68.6 Å². The fourth-order valence-electron chi connectivity index (χ4n) is 3.56. The first-order chi connectivity index (χ1) is 14.6. The van der Waals surface area contributed by atoms with E-state index in [2.05, 4.69) is 20.4 Å². The third-order valence-corrected chi connectivity index (χ3v) is 6.30. The summed E-state index contributed by atoms with van der Waals surface area (Å²) in [6.45, 7) is 2.23. The Morgan fingerprint density at radius 1 is 1.20 bits per heavy atom. The van der Waals surface area contributed by atoms with Gasteiger partial charge in [0, 0.05) is 21.4 Å². The molecule has 0 spiro atoms. The summed E-state index contributed by atoms with van der Waals surface area (Å²) in [6, 6.07) is 15.3. The Kier molecular flexibility index (Phi) is 6.72. The summed E-state index contributed by atoms with van der Waals surface area (Å²) in [5.41, 5.74) is 1.76. The average Bonchev–Trinajstić information content (AvgIpc) is 3.23. The van der Waals surface area contributed by atoms with Gasteiger partial charge in [0.05, 0.1) is 12.2 Å². The lowest BCUT2D eigenvalue weighted by molar-refractivity contribution is -0.121. The minimum Gasteiger partial charge on any atom is -0.338 e. The summed E-state index contributed by atoms with van der Waals surface area (Å²) in [6.07, 6.45) is 3.64. The molecule has 0 radical (unpaired) electrons. The van der Waals surface area contributed by atoms with Gasteiger partial charge in [-0.1, -0.05) is 28.9 Å². The number of thioether (sulfide) groups is 1. The number of para-hydroxylation sites is 1. The van der Waals surface area contributed by atoms with Gasteiger partial charge in [0.2, 0.25) is 17.6 Å². The zero-order valence-corrected chi connectivity index (χ0v) is 18.2. The van der Waals surface area contributed by atoms with Crippen molar-refractivity contribution >= 4 is 35.0 Å². The van der Waals surface area contributed by atoms with Crippen LogP contribution in [-0.2, 0) is 11.3 Å². The number of likely N-dealkylation sites (tertiary alicyclic amines) is 1. The highest BCUT2D eigenvalue weighted by Crippen LogP contribution is 2.27. The molecule has 30 heavy (non-hydrogen) atoms. The van der Waals surface area contributed by atoms with Gasteiger partial charge in [-0.3, -0.25) is 9.69 Å². The third kappa shape index (κ3) is 5.03. The molecule has 3 aromatic rings. The van der Waals surface area contributed by atoms with E-state index in [0.29, 0.717) is 23.3 Å². The van der Waals surface area contributed by atoms with Crippen molar-refractivity contribution in [3.8, 4) is 11.4 Å². The minimum atomic E-state index is 0.0171. The van der Waals surface area contributed by atoms with E-state index in [-0.39, 0.29) is 11.8 Å². The van der Waals surface area contributed by atoms with Gasteiger partial charge in [0.1, 0.15) is 0 Å². The molecule has 156 valence electrons. The van der Waals surface area contributed by atoms with E-state index in [9.17, 15) is 4.79 Å². The number of benzene rings is 2. The molecule has 4 rings (SSSR count). The average molecular weight is 443 g/mol. The van der Waals surface area contributed by atoms with Crippen LogP contribution >= 0.6 is 23.4 Å². The van der Waals surface area contributed by atoms with Crippen molar-refractivity contribution in [2.45, 2.75) is 24.3 Å². The Balaban J connectivity index is 1.29. The first-order valence-corrected chi connectivity index (χ1v) is 11.5. The smallest absolute Gasteiger partial charge is 0.241 e. The summed E-state index contributed by atoms with van der Waals surface area (Å²) in [4.78, 5) is 20.5. The highest BCUT2D eigenvalue weighted by Gasteiger charge is 2.26. The van der Waals surface area contributed by atoms with Crippen LogP contribution in [-0.4, -0.2) is 40.3 Å². The predicted molar refractivity (Wildman–Crippen MR) is 120 cm³/mol. The van der Waals surface area contributed by atoms with Crippen LogP contribution in [0.5, 0.6) is 0 Å². The zero-order chi connectivity index (χ0) is 20.9. The molecule has 1 saturated heterocycles. The number of rotatable bonds is 6. The Morgan fingerprint density at radius 3 is 2.67 bits per heavy atom. The number of halogens is 1. The molecule has 0 saturated carbocycles. The molecule has 1 aliphatic heterocycles. The molecular formula is C22H23ClN4O2S. The SMILES string of the molecule is CSc1ccccc1NC(=O)C1CCN(Cc2nc(-c3ccc(Cl)cc3)no2)CC1. The number of carbonyl (C=O) groups is 1. The second kappa shape index (κ2) is 9.64. The zero-order valence-electron chi connectivity index (χ0n) is 16.7. The van der Waals surface area contributed by atoms with E-state index in [1.165, 1.54) is 0 Å². The lowest BCUT2D eigenvalue weighted by atomic mass is 9.96. The molecule has 6 nitrogen and oxygen atoms in total. The van der Waals surface area contributed by atoms with Crippen LogP contribution in [0.4, 0.5) is 5.69 Å². The third-order valence-electron chi connectivity index (χ3n) is 5.25. The normalized spacial score (nSPS) is 15.3. The molecule has 1 aromatic heterocycles. The molecular weight excluding hydrogens is 420 g/mol. The summed E-state index contributed by atoms with van der Waals surface area (Å²) in [5.74, 6) is 1.25. The van der Waals surface area contributed by atoms with Crippen molar-refractivity contribution in [1.82, 2.24) is 15.0 Å². The first-order valence-electron chi connectivity index (χ1n) is 9.87. The maximum absolute atomic E-state index is 12.7. The Hall–Kier alpha value is -2.35. The van der Waals surface area contributed by atoms with Crippen molar-refractivity contribution in [3.63, 3.8) is 0 Å². The van der Waals surface area contributed by atoms with Crippen molar-refractivity contribution < 1.29 is 9.32 Å². The number of nitrogens with one attached hydrogen (secondary N) is 1. The van der Waals surface area contributed by atoms with Crippen molar-refractivity contribution in [2.24, 2.45) is 5.92 Å². The van der Waals surface area contributed by atoms with E-state index in [1.807, 2.05) is 42.7 Å². The summed E-state index contributed by atoms with van der Waals surface area (Å²) < 4.78 is 5.41. The fourth-order valence-corrected chi connectivity index (χ4v) is 4.24. The van der Waals surface area contributed by atoms with Gasteiger partial charge >= 0.3 is 0 Å². The fraction of sp³-hybridized carbons (Fsp3) is 0.318. The number of piperidine rings is 1. The lowest BCUT2D eigenvalue weighted by Crippen LogP contribution is -2.37. The molecule has 1 amide bonds. The van der Waals surface area contributed by atoms with Gasteiger partial charge in [0.15, 0.2) is 0 Å². The van der Waals surface area contributed by atoms with Gasteiger partial charge in [-0.25, -0.2) is 0 Å². The Labute approximate surface area is 185 Å². The van der Waals surface area contributed by atoms with Crippen LogP contribution in [0, 0.1) is 5.92 Å². The van der Waals surface area contributed by atoms with Crippen LogP contribution in [0.1, 0.15) is 18.7 Å². The van der Waals surface area contributed by atoms with Crippen molar-refractivity contribution in [3.05, 3.63) is 59.4 Å². The second-order valence-electron chi connectivity index (χ2n) is 7.26. The van der Waals surface area contributed by atoms with E-state index in [4.69, 9.17) is 16.1 Å². The molecule has 1 aliphatic rings. The van der Waals surface area contributed by atoms with E-state index < -0.39 is 0 Å². The maximum atomic E-state index is 12.7. The number of amides is 1. The summed E-state index contributed by atoms with van der Waals surface area (Å²) in [5, 5.41) is 7.83. The van der Waals surface area contributed by atoms with Crippen molar-refractivity contribution in [1.29, 1.82) is 0 Å². The predicted octanol–water partition coefficient (Wildman–Crippen LogP) is 4.96.